The van der Waals surface area contributed by atoms with Crippen LogP contribution in [0.15, 0.2) is 18.2 Å². The molecule has 0 saturated heterocycles. The molecule has 1 rings (SSSR count). The highest BCUT2D eigenvalue weighted by Crippen LogP contribution is 2.18. The summed E-state index contributed by atoms with van der Waals surface area (Å²) < 4.78 is 13.2. The molecule has 0 amide bonds. The van der Waals surface area contributed by atoms with Crippen molar-refractivity contribution in [3.05, 3.63) is 35.1 Å². The van der Waals surface area contributed by atoms with Crippen LogP contribution in [0, 0.1) is 17.7 Å². The molecule has 0 heterocycles. The van der Waals surface area contributed by atoms with Crippen molar-refractivity contribution in [3.8, 4) is 11.8 Å². The Kier molecular flexibility index (Phi) is 5.49. The molecule has 19 heavy (non-hydrogen) atoms. The quantitative estimate of drug-likeness (QED) is 0.808. The molecule has 0 aliphatic carbocycles. The van der Waals surface area contributed by atoms with Crippen molar-refractivity contribution in [1.29, 1.82) is 0 Å². The molecule has 4 heteroatoms. The smallest absolute Gasteiger partial charge is 0.124 e. The summed E-state index contributed by atoms with van der Waals surface area (Å²) in [6.07, 6.45) is 0. The van der Waals surface area contributed by atoms with E-state index in [9.17, 15) is 9.50 Å². The van der Waals surface area contributed by atoms with E-state index >= 15 is 0 Å². The number of halogens is 1. The molecular weight excluding hydrogens is 245 g/mol. The zero-order chi connectivity index (χ0) is 14.5. The van der Waals surface area contributed by atoms with E-state index in [2.05, 4.69) is 11.8 Å². The number of nitrogens with zero attached hydrogens (tertiary/aromatic N) is 1. The number of aliphatic hydroxyl groups is 2. The lowest BCUT2D eigenvalue weighted by molar-refractivity contribution is 0.0733. The lowest BCUT2D eigenvalue weighted by Gasteiger charge is -2.34. The predicted molar refractivity (Wildman–Crippen MR) is 73.0 cm³/mol. The Labute approximate surface area is 113 Å². The summed E-state index contributed by atoms with van der Waals surface area (Å²) in [5.41, 5.74) is 1.07. The Balaban J connectivity index is 3.01. The summed E-state index contributed by atoms with van der Waals surface area (Å²) in [6.45, 7) is 4.17. The highest BCUT2D eigenvalue weighted by Gasteiger charge is 2.22. The van der Waals surface area contributed by atoms with Crippen molar-refractivity contribution in [2.75, 3.05) is 20.3 Å². The van der Waals surface area contributed by atoms with Gasteiger partial charge in [0.05, 0.1) is 6.61 Å². The number of rotatable bonds is 4. The van der Waals surface area contributed by atoms with Gasteiger partial charge in [0.15, 0.2) is 0 Å². The van der Waals surface area contributed by atoms with Crippen molar-refractivity contribution in [2.24, 2.45) is 0 Å². The van der Waals surface area contributed by atoms with Crippen LogP contribution in [0.2, 0.25) is 0 Å². The minimum atomic E-state index is -0.365. The maximum absolute atomic E-state index is 13.2. The lowest BCUT2D eigenvalue weighted by atomic mass is 10.0. The molecule has 0 aliphatic rings. The molecule has 0 bridgehead atoms. The maximum Gasteiger partial charge on any atom is 0.124 e. The van der Waals surface area contributed by atoms with E-state index < -0.39 is 0 Å². The van der Waals surface area contributed by atoms with Crippen LogP contribution in [-0.2, 0) is 6.54 Å². The van der Waals surface area contributed by atoms with Crippen LogP contribution >= 0.6 is 0 Å². The van der Waals surface area contributed by atoms with Crippen LogP contribution in [-0.4, -0.2) is 40.9 Å². The van der Waals surface area contributed by atoms with E-state index in [4.69, 9.17) is 5.11 Å². The molecular formula is C15H20FNO2. The first kappa shape index (κ1) is 15.6. The third-order valence-corrected chi connectivity index (χ3v) is 3.20. The second-order valence-corrected chi connectivity index (χ2v) is 5.09. The standard InChI is InChI=1S/C15H20FNO2/c1-15(2,11-19)17(3)10-13-6-7-14(16)9-12(13)5-4-8-18/h6-7,9,18-19H,8,10-11H2,1-3H3. The number of hydrogen-bond donors (Lipinski definition) is 2. The predicted octanol–water partition coefficient (Wildman–Crippen LogP) is 1.37. The summed E-state index contributed by atoms with van der Waals surface area (Å²) in [6, 6.07) is 4.43. The fourth-order valence-corrected chi connectivity index (χ4v) is 1.53. The molecule has 104 valence electrons. The van der Waals surface area contributed by atoms with Gasteiger partial charge >= 0.3 is 0 Å². The Morgan fingerprint density at radius 1 is 1.32 bits per heavy atom. The van der Waals surface area contributed by atoms with Crippen LogP contribution < -0.4 is 0 Å². The van der Waals surface area contributed by atoms with E-state index in [1.165, 1.54) is 12.1 Å². The first-order valence-electron chi connectivity index (χ1n) is 6.11. The van der Waals surface area contributed by atoms with Gasteiger partial charge in [0.1, 0.15) is 12.4 Å². The normalized spacial score (nSPS) is 11.3. The second-order valence-electron chi connectivity index (χ2n) is 5.09. The van der Waals surface area contributed by atoms with Crippen molar-refractivity contribution in [1.82, 2.24) is 4.90 Å². The van der Waals surface area contributed by atoms with Crippen molar-refractivity contribution in [3.63, 3.8) is 0 Å². The van der Waals surface area contributed by atoms with Gasteiger partial charge in [-0.25, -0.2) is 4.39 Å². The molecule has 0 atom stereocenters. The van der Waals surface area contributed by atoms with Gasteiger partial charge in [-0.05, 0) is 38.6 Å². The van der Waals surface area contributed by atoms with Crippen LogP contribution in [0.3, 0.4) is 0 Å². The van der Waals surface area contributed by atoms with E-state index in [0.717, 1.165) is 5.56 Å². The first-order valence-corrected chi connectivity index (χ1v) is 6.11. The minimum absolute atomic E-state index is 0.0301. The monoisotopic (exact) mass is 265 g/mol. The third kappa shape index (κ3) is 4.32. The highest BCUT2D eigenvalue weighted by molar-refractivity contribution is 5.41. The Hall–Kier alpha value is -1.41. The average molecular weight is 265 g/mol. The largest absolute Gasteiger partial charge is 0.394 e. The van der Waals surface area contributed by atoms with Gasteiger partial charge in [0.25, 0.3) is 0 Å². The molecule has 2 N–H and O–H groups in total. The van der Waals surface area contributed by atoms with Gasteiger partial charge in [-0.15, -0.1) is 0 Å². The van der Waals surface area contributed by atoms with E-state index in [0.29, 0.717) is 12.1 Å². The summed E-state index contributed by atoms with van der Waals surface area (Å²) in [5, 5.41) is 18.1. The Morgan fingerprint density at radius 2 is 2.00 bits per heavy atom. The van der Waals surface area contributed by atoms with Crippen LogP contribution in [0.25, 0.3) is 0 Å². The van der Waals surface area contributed by atoms with Gasteiger partial charge < -0.3 is 10.2 Å². The maximum atomic E-state index is 13.2. The number of benzene rings is 1. The molecule has 0 unspecified atom stereocenters. The van der Waals surface area contributed by atoms with Gasteiger partial charge in [0, 0.05) is 17.6 Å². The SMILES string of the molecule is CN(Cc1ccc(F)cc1C#CCO)C(C)(C)CO. The molecule has 0 spiro atoms. The summed E-state index contributed by atoms with van der Waals surface area (Å²) in [5.74, 6) is 4.93. The molecule has 0 radical (unpaired) electrons. The molecule has 3 nitrogen and oxygen atoms in total. The summed E-state index contributed by atoms with van der Waals surface area (Å²) >= 11 is 0. The van der Waals surface area contributed by atoms with Crippen molar-refractivity contribution in [2.45, 2.75) is 25.9 Å². The van der Waals surface area contributed by atoms with Crippen LogP contribution in [0.5, 0.6) is 0 Å². The zero-order valence-corrected chi connectivity index (χ0v) is 11.6. The number of hydrogen-bond acceptors (Lipinski definition) is 3. The minimum Gasteiger partial charge on any atom is -0.394 e. The van der Waals surface area contributed by atoms with Gasteiger partial charge in [-0.3, -0.25) is 4.90 Å². The van der Waals surface area contributed by atoms with E-state index in [-0.39, 0.29) is 24.6 Å². The second kappa shape index (κ2) is 6.67. The fourth-order valence-electron chi connectivity index (χ4n) is 1.53. The van der Waals surface area contributed by atoms with Crippen LogP contribution in [0.4, 0.5) is 4.39 Å². The lowest BCUT2D eigenvalue weighted by Crippen LogP contribution is -2.43. The first-order chi connectivity index (χ1) is 8.90. The zero-order valence-electron chi connectivity index (χ0n) is 11.6. The topological polar surface area (TPSA) is 43.7 Å². The van der Waals surface area contributed by atoms with E-state index in [1.807, 2.05) is 25.8 Å². The molecule has 1 aromatic rings. The van der Waals surface area contributed by atoms with Gasteiger partial charge in [0.2, 0.25) is 0 Å². The van der Waals surface area contributed by atoms with Crippen molar-refractivity contribution < 1.29 is 14.6 Å². The number of aliphatic hydroxyl groups excluding tert-OH is 2. The summed E-state index contributed by atoms with van der Waals surface area (Å²) in [4.78, 5) is 1.98. The number of likely N-dealkylation sites (N-methyl/N-ethyl adjacent to an activating group) is 1. The Bertz CT molecular complexity index is 489. The average Bonchev–Trinajstić information content (AvgIpc) is 2.38. The molecule has 0 aliphatic heterocycles. The third-order valence-electron chi connectivity index (χ3n) is 3.20. The highest BCUT2D eigenvalue weighted by atomic mass is 19.1. The molecule has 1 aromatic carbocycles. The molecule has 0 fully saturated rings. The van der Waals surface area contributed by atoms with Gasteiger partial charge in [-0.2, -0.15) is 0 Å². The van der Waals surface area contributed by atoms with Gasteiger partial charge in [-0.1, -0.05) is 17.9 Å². The Morgan fingerprint density at radius 3 is 2.58 bits per heavy atom. The summed E-state index contributed by atoms with van der Waals surface area (Å²) in [7, 11) is 1.89. The molecule has 0 saturated carbocycles. The van der Waals surface area contributed by atoms with Crippen molar-refractivity contribution >= 4 is 0 Å². The van der Waals surface area contributed by atoms with E-state index in [1.54, 1.807) is 6.07 Å². The molecule has 0 aromatic heterocycles. The van der Waals surface area contributed by atoms with Crippen LogP contribution in [0.1, 0.15) is 25.0 Å². The fraction of sp³-hybridized carbons (Fsp3) is 0.467.